The molecular formula is C21H21N3O5S3. The number of rotatable bonds is 7. The first-order chi connectivity index (χ1) is 15.2. The van der Waals surface area contributed by atoms with E-state index in [0.29, 0.717) is 23.6 Å². The molecule has 1 aromatic heterocycles. The zero-order valence-corrected chi connectivity index (χ0v) is 19.7. The Bertz CT molecular complexity index is 1330. The van der Waals surface area contributed by atoms with Crippen LogP contribution in [0.5, 0.6) is 5.75 Å². The summed E-state index contributed by atoms with van der Waals surface area (Å²) in [5.41, 5.74) is 1.75. The predicted molar refractivity (Wildman–Crippen MR) is 125 cm³/mol. The summed E-state index contributed by atoms with van der Waals surface area (Å²) in [6, 6.07) is 16.2. The van der Waals surface area contributed by atoms with E-state index in [9.17, 15) is 16.8 Å². The largest absolute Gasteiger partial charge is 0.497 e. The topological polar surface area (TPSA) is 105 Å². The SMILES string of the molecule is COc1ccc(S(=O)(=O)N2N=C(c3ccc(NS(C)(=O)=O)cc3)C[C@H]2c2cccs2)cc1. The summed E-state index contributed by atoms with van der Waals surface area (Å²) >= 11 is 1.47. The van der Waals surface area contributed by atoms with Gasteiger partial charge in [-0.05, 0) is 53.4 Å². The number of hydrogen-bond acceptors (Lipinski definition) is 7. The van der Waals surface area contributed by atoms with Crippen molar-refractivity contribution in [1.82, 2.24) is 4.41 Å². The van der Waals surface area contributed by atoms with Gasteiger partial charge >= 0.3 is 0 Å². The van der Waals surface area contributed by atoms with Gasteiger partial charge in [0, 0.05) is 17.0 Å². The fraction of sp³-hybridized carbons (Fsp3) is 0.190. The first-order valence-electron chi connectivity index (χ1n) is 9.55. The minimum atomic E-state index is -3.91. The van der Waals surface area contributed by atoms with E-state index in [-0.39, 0.29) is 4.90 Å². The van der Waals surface area contributed by atoms with E-state index in [2.05, 4.69) is 9.82 Å². The second-order valence-electron chi connectivity index (χ2n) is 7.19. The van der Waals surface area contributed by atoms with Crippen molar-refractivity contribution in [3.63, 3.8) is 0 Å². The first kappa shape index (κ1) is 22.3. The van der Waals surface area contributed by atoms with Gasteiger partial charge in [-0.2, -0.15) is 17.9 Å². The lowest BCUT2D eigenvalue weighted by Gasteiger charge is -2.22. The fourth-order valence-electron chi connectivity index (χ4n) is 3.38. The fourth-order valence-corrected chi connectivity index (χ4v) is 6.25. The number of nitrogens with one attached hydrogen (secondary N) is 1. The molecule has 1 atom stereocenters. The molecule has 1 aliphatic rings. The number of hydrazone groups is 1. The van der Waals surface area contributed by atoms with Crippen molar-refractivity contribution in [2.75, 3.05) is 18.1 Å². The van der Waals surface area contributed by atoms with Crippen LogP contribution in [-0.2, 0) is 20.0 Å². The molecule has 0 aliphatic carbocycles. The maximum atomic E-state index is 13.4. The Hall–Kier alpha value is -2.89. The zero-order valence-electron chi connectivity index (χ0n) is 17.3. The molecule has 2 aromatic carbocycles. The summed E-state index contributed by atoms with van der Waals surface area (Å²) in [5.74, 6) is 0.562. The number of methoxy groups -OCH3 is 1. The third kappa shape index (κ3) is 4.64. The Labute approximate surface area is 191 Å². The van der Waals surface area contributed by atoms with Gasteiger partial charge in [-0.3, -0.25) is 4.72 Å². The molecule has 2 heterocycles. The molecule has 1 aliphatic heterocycles. The Morgan fingerprint density at radius 1 is 1.03 bits per heavy atom. The summed E-state index contributed by atoms with van der Waals surface area (Å²) in [6.07, 6.45) is 1.48. The molecular weight excluding hydrogens is 470 g/mol. The van der Waals surface area contributed by atoms with Crippen molar-refractivity contribution in [3.8, 4) is 5.75 Å². The normalized spacial score (nSPS) is 16.6. The second-order valence-corrected chi connectivity index (χ2v) is 11.7. The molecule has 0 amide bonds. The maximum Gasteiger partial charge on any atom is 0.279 e. The van der Waals surface area contributed by atoms with Crippen LogP contribution in [-0.4, -0.2) is 40.3 Å². The minimum absolute atomic E-state index is 0.123. The second kappa shape index (κ2) is 8.57. The molecule has 8 nitrogen and oxygen atoms in total. The van der Waals surface area contributed by atoms with E-state index in [0.717, 1.165) is 16.7 Å². The Morgan fingerprint density at radius 2 is 1.72 bits per heavy atom. The van der Waals surface area contributed by atoms with Crippen molar-refractivity contribution in [2.45, 2.75) is 17.4 Å². The molecule has 0 radical (unpaired) electrons. The Morgan fingerprint density at radius 3 is 2.28 bits per heavy atom. The van der Waals surface area contributed by atoms with E-state index >= 15 is 0 Å². The molecule has 32 heavy (non-hydrogen) atoms. The van der Waals surface area contributed by atoms with Crippen molar-refractivity contribution in [1.29, 1.82) is 0 Å². The summed E-state index contributed by atoms with van der Waals surface area (Å²) < 4.78 is 58.4. The first-order valence-corrected chi connectivity index (χ1v) is 13.8. The van der Waals surface area contributed by atoms with Gasteiger partial charge in [0.05, 0.1) is 24.0 Å². The number of nitrogens with zero attached hydrogens (tertiary/aromatic N) is 2. The highest BCUT2D eigenvalue weighted by Gasteiger charge is 2.38. The average Bonchev–Trinajstić information content (AvgIpc) is 3.43. The van der Waals surface area contributed by atoms with Crippen LogP contribution in [0, 0.1) is 0 Å². The van der Waals surface area contributed by atoms with Gasteiger partial charge in [-0.1, -0.05) is 18.2 Å². The van der Waals surface area contributed by atoms with Crippen molar-refractivity contribution < 1.29 is 21.6 Å². The molecule has 0 saturated heterocycles. The molecule has 0 spiro atoms. The zero-order chi connectivity index (χ0) is 22.9. The van der Waals surface area contributed by atoms with Crippen LogP contribution in [0.2, 0.25) is 0 Å². The molecule has 168 valence electrons. The highest BCUT2D eigenvalue weighted by Crippen LogP contribution is 2.39. The van der Waals surface area contributed by atoms with Crippen LogP contribution in [0.25, 0.3) is 0 Å². The number of thiophene rings is 1. The number of anilines is 1. The number of ether oxygens (including phenoxy) is 1. The van der Waals surface area contributed by atoms with E-state index in [1.54, 1.807) is 36.4 Å². The lowest BCUT2D eigenvalue weighted by Crippen LogP contribution is -2.26. The smallest absolute Gasteiger partial charge is 0.279 e. The molecule has 3 aromatic rings. The van der Waals surface area contributed by atoms with Crippen LogP contribution in [0.4, 0.5) is 5.69 Å². The lowest BCUT2D eigenvalue weighted by molar-refractivity contribution is 0.375. The van der Waals surface area contributed by atoms with Gasteiger partial charge in [0.2, 0.25) is 10.0 Å². The summed E-state index contributed by atoms with van der Waals surface area (Å²) in [5, 5.41) is 6.39. The van der Waals surface area contributed by atoms with Gasteiger partial charge in [0.25, 0.3) is 10.0 Å². The van der Waals surface area contributed by atoms with Gasteiger partial charge in [0.1, 0.15) is 11.8 Å². The number of hydrogen-bond donors (Lipinski definition) is 1. The molecule has 0 fully saturated rings. The average molecular weight is 492 g/mol. The van der Waals surface area contributed by atoms with Crippen molar-refractivity contribution in [3.05, 3.63) is 76.5 Å². The van der Waals surface area contributed by atoms with Crippen molar-refractivity contribution >= 4 is 42.8 Å². The quantitative estimate of drug-likeness (QED) is 0.543. The van der Waals surface area contributed by atoms with Gasteiger partial charge < -0.3 is 4.74 Å². The standard InChI is InChI=1S/C21H21N3O5S3/c1-29-17-9-11-18(12-10-17)32(27,28)24-20(21-4-3-13-30-21)14-19(22-24)15-5-7-16(8-6-15)23-31(2,25)26/h3-13,20,23H,14H2,1-2H3/t20-/m0/s1. The third-order valence-corrected chi connectivity index (χ3v) is 8.15. The van der Waals surface area contributed by atoms with Gasteiger partial charge in [-0.15, -0.1) is 11.3 Å². The van der Waals surface area contributed by atoms with Gasteiger partial charge in [0.15, 0.2) is 0 Å². The van der Waals surface area contributed by atoms with Crippen molar-refractivity contribution in [2.24, 2.45) is 5.10 Å². The minimum Gasteiger partial charge on any atom is -0.497 e. The van der Waals surface area contributed by atoms with E-state index in [1.165, 1.54) is 35.0 Å². The predicted octanol–water partition coefficient (Wildman–Crippen LogP) is 3.67. The van der Waals surface area contributed by atoms with E-state index < -0.39 is 26.1 Å². The van der Waals surface area contributed by atoms with Crippen LogP contribution in [0.15, 0.2) is 76.0 Å². The summed E-state index contributed by atoms with van der Waals surface area (Å²) in [7, 11) is -5.78. The Balaban J connectivity index is 1.70. The number of benzene rings is 2. The summed E-state index contributed by atoms with van der Waals surface area (Å²) in [4.78, 5) is 1.01. The molecule has 0 saturated carbocycles. The van der Waals surface area contributed by atoms with Gasteiger partial charge in [-0.25, -0.2) is 8.42 Å². The molecule has 11 heteroatoms. The lowest BCUT2D eigenvalue weighted by atomic mass is 10.0. The molecule has 0 unspecified atom stereocenters. The van der Waals surface area contributed by atoms with Crippen LogP contribution in [0.3, 0.4) is 0 Å². The van der Waals surface area contributed by atoms with E-state index in [1.807, 2.05) is 17.5 Å². The molecule has 4 rings (SSSR count). The van der Waals surface area contributed by atoms with Crippen LogP contribution < -0.4 is 9.46 Å². The highest BCUT2D eigenvalue weighted by molar-refractivity contribution is 7.92. The van der Waals surface area contributed by atoms with Crippen LogP contribution in [0.1, 0.15) is 22.9 Å². The molecule has 0 bridgehead atoms. The summed E-state index contributed by atoms with van der Waals surface area (Å²) in [6.45, 7) is 0. The monoisotopic (exact) mass is 491 g/mol. The third-order valence-electron chi connectivity index (χ3n) is 4.87. The maximum absolute atomic E-state index is 13.4. The Kier molecular flexibility index (Phi) is 5.97. The van der Waals surface area contributed by atoms with Crippen LogP contribution >= 0.6 is 11.3 Å². The molecule has 1 N–H and O–H groups in total. The highest BCUT2D eigenvalue weighted by atomic mass is 32.2. The van der Waals surface area contributed by atoms with E-state index in [4.69, 9.17) is 4.74 Å². The number of sulfonamides is 2.